The maximum absolute atomic E-state index is 8.74. The quantitative estimate of drug-likeness (QED) is 0.187. The summed E-state index contributed by atoms with van der Waals surface area (Å²) in [5.41, 5.74) is 7.54. The number of hydrogen-bond acceptors (Lipinski definition) is 4. The van der Waals surface area contributed by atoms with Gasteiger partial charge < -0.3 is 8.98 Å². The number of hydrogen-bond donors (Lipinski definition) is 0. The number of nitrogens with zero attached hydrogens (tertiary/aromatic N) is 4. The summed E-state index contributed by atoms with van der Waals surface area (Å²) >= 11 is 0. The van der Waals surface area contributed by atoms with Crippen molar-refractivity contribution in [3.63, 3.8) is 0 Å². The van der Waals surface area contributed by atoms with Gasteiger partial charge in [-0.3, -0.25) is 0 Å². The van der Waals surface area contributed by atoms with Crippen LogP contribution in [0.1, 0.15) is 6.85 Å². The predicted octanol–water partition coefficient (Wildman–Crippen LogP) is 11.5. The highest BCUT2D eigenvalue weighted by Gasteiger charge is 2.19. The molecule has 0 unspecified atom stereocenters. The average Bonchev–Trinajstić information content (AvgIpc) is 3.78. The fourth-order valence-corrected chi connectivity index (χ4v) is 6.87. The van der Waals surface area contributed by atoms with Crippen molar-refractivity contribution in [2.45, 2.75) is 0 Å². The van der Waals surface area contributed by atoms with Crippen LogP contribution in [0.25, 0.3) is 94.7 Å². The normalized spacial score (nSPS) is 13.0. The van der Waals surface area contributed by atoms with Crippen molar-refractivity contribution < 1.29 is 11.3 Å². The summed E-state index contributed by atoms with van der Waals surface area (Å²) in [5.74, 6) is 1.69. The first-order valence-electron chi connectivity index (χ1n) is 18.8. The van der Waals surface area contributed by atoms with Crippen LogP contribution in [0.15, 0.2) is 174 Å². The van der Waals surface area contributed by atoms with E-state index in [2.05, 4.69) is 12.1 Å². The molecule has 3 heterocycles. The lowest BCUT2D eigenvalue weighted by molar-refractivity contribution is 0.669. The predicted molar refractivity (Wildman–Crippen MR) is 203 cm³/mol. The zero-order chi connectivity index (χ0) is 37.4. The Kier molecular flexibility index (Phi) is 5.35. The molecule has 0 N–H and O–H groups in total. The van der Waals surface area contributed by atoms with Crippen LogP contribution in [0.2, 0.25) is 0 Å². The molecule has 0 aliphatic carbocycles. The van der Waals surface area contributed by atoms with Crippen molar-refractivity contribution in [1.82, 2.24) is 19.5 Å². The molecule has 0 saturated carbocycles. The van der Waals surface area contributed by atoms with E-state index in [4.69, 9.17) is 26.2 Å². The van der Waals surface area contributed by atoms with Gasteiger partial charge in [-0.25, -0.2) is 15.0 Å². The summed E-state index contributed by atoms with van der Waals surface area (Å²) in [4.78, 5) is 14.9. The molecular weight excluding hydrogens is 613 g/mol. The van der Waals surface area contributed by atoms with Crippen LogP contribution in [0, 0.1) is 0 Å². The van der Waals surface area contributed by atoms with Gasteiger partial charge in [0.2, 0.25) is 0 Å². The van der Waals surface area contributed by atoms with E-state index in [1.165, 1.54) is 0 Å². The van der Waals surface area contributed by atoms with Gasteiger partial charge in [-0.05, 0) is 59.6 Å². The SMILES string of the molecule is [2H]c1c([2H])c([2H])c(-n2c3ccccc3c3cc(-c4ccc5oc6cccc(-c7nc(-c8ccccc8)nc(-c8ccccc8)n7)c6c5c4)ccc32)c([2H])c1[2H]. The lowest BCUT2D eigenvalue weighted by Gasteiger charge is -2.09. The highest BCUT2D eigenvalue weighted by Crippen LogP contribution is 2.40. The Morgan fingerprint density at radius 2 is 1.08 bits per heavy atom. The third-order valence-corrected chi connectivity index (χ3v) is 9.15. The topological polar surface area (TPSA) is 56.7 Å². The van der Waals surface area contributed by atoms with E-state index < -0.39 is 6.04 Å². The van der Waals surface area contributed by atoms with E-state index in [1.807, 2.05) is 127 Å². The molecule has 0 aliphatic heterocycles. The molecule has 0 spiro atoms. The molecule has 10 rings (SSSR count). The van der Waals surface area contributed by atoms with Gasteiger partial charge in [-0.1, -0.05) is 121 Å². The van der Waals surface area contributed by atoms with Crippen molar-refractivity contribution >= 4 is 43.7 Å². The molecule has 0 bridgehead atoms. The molecule has 5 heteroatoms. The Balaban J connectivity index is 1.16. The number of furan rings is 1. The lowest BCUT2D eigenvalue weighted by Crippen LogP contribution is -2.00. The van der Waals surface area contributed by atoms with Gasteiger partial charge in [0.1, 0.15) is 11.2 Å². The zero-order valence-electron chi connectivity index (χ0n) is 31.5. The Morgan fingerprint density at radius 3 is 1.82 bits per heavy atom. The Labute approximate surface area is 294 Å². The molecule has 50 heavy (non-hydrogen) atoms. The molecule has 0 radical (unpaired) electrons. The standard InChI is InChI=1S/C45H28N4O/c1-4-13-29(14-5-1)43-46-44(30-15-6-2-7-16-30)48-45(47-43)35-20-12-22-41-42(35)37-28-32(24-26-40(37)50-41)31-23-25-39-36(27-31)34-19-10-11-21-38(34)49(39)33-17-8-3-9-18-33/h1-28H/i3D,8D,9D,17D,18D. The fraction of sp³-hybridized carbons (Fsp3) is 0. The number of benzene rings is 7. The molecule has 0 fully saturated rings. The van der Waals surface area contributed by atoms with Crippen molar-refractivity contribution in [3.8, 4) is 51.0 Å². The van der Waals surface area contributed by atoms with Crippen LogP contribution < -0.4 is 0 Å². The second kappa shape index (κ2) is 11.4. The summed E-state index contributed by atoms with van der Waals surface area (Å²) in [5, 5.41) is 3.60. The summed E-state index contributed by atoms with van der Waals surface area (Å²) in [6, 6.07) is 44.0. The van der Waals surface area contributed by atoms with Crippen LogP contribution >= 0.6 is 0 Å². The Bertz CT molecular complexity index is 3070. The Morgan fingerprint density at radius 1 is 0.460 bits per heavy atom. The minimum atomic E-state index is -0.420. The largest absolute Gasteiger partial charge is 0.456 e. The molecular formula is C45H28N4O. The van der Waals surface area contributed by atoms with E-state index in [1.54, 1.807) is 4.57 Å². The van der Waals surface area contributed by atoms with Gasteiger partial charge in [0.25, 0.3) is 0 Å². The minimum absolute atomic E-state index is 0.118. The van der Waals surface area contributed by atoms with E-state index in [0.29, 0.717) is 23.1 Å². The van der Waals surface area contributed by atoms with E-state index in [-0.39, 0.29) is 29.9 Å². The number of aromatic nitrogens is 4. The van der Waals surface area contributed by atoms with Crippen molar-refractivity contribution in [1.29, 1.82) is 0 Å². The Hall–Kier alpha value is -6.85. The monoisotopic (exact) mass is 645 g/mol. The second-order valence-electron chi connectivity index (χ2n) is 12.1. The van der Waals surface area contributed by atoms with Gasteiger partial charge in [0.05, 0.1) is 17.9 Å². The lowest BCUT2D eigenvalue weighted by atomic mass is 9.99. The molecule has 7 aromatic carbocycles. The maximum atomic E-state index is 8.74. The molecule has 234 valence electrons. The third kappa shape index (κ3) is 4.60. The van der Waals surface area contributed by atoms with E-state index in [0.717, 1.165) is 66.0 Å². The molecule has 0 saturated heterocycles. The number of fused-ring (bicyclic) bond motifs is 6. The van der Waals surface area contributed by atoms with Gasteiger partial charge in [-0.2, -0.15) is 0 Å². The summed E-state index contributed by atoms with van der Waals surface area (Å²) in [6.45, 7) is 0. The molecule has 10 aromatic rings. The van der Waals surface area contributed by atoms with Gasteiger partial charge >= 0.3 is 0 Å². The van der Waals surface area contributed by atoms with Crippen LogP contribution in [-0.2, 0) is 0 Å². The highest BCUT2D eigenvalue weighted by molar-refractivity contribution is 6.14. The maximum Gasteiger partial charge on any atom is 0.164 e. The molecule has 0 atom stereocenters. The summed E-state index contributed by atoms with van der Waals surface area (Å²) in [6.07, 6.45) is 0. The first kappa shape index (κ1) is 23.5. The van der Waals surface area contributed by atoms with Gasteiger partial charge in [-0.15, -0.1) is 0 Å². The van der Waals surface area contributed by atoms with E-state index in [9.17, 15) is 0 Å². The van der Waals surface area contributed by atoms with Crippen molar-refractivity contribution in [3.05, 3.63) is 170 Å². The molecule has 0 amide bonds. The smallest absolute Gasteiger partial charge is 0.164 e. The first-order valence-corrected chi connectivity index (χ1v) is 16.3. The minimum Gasteiger partial charge on any atom is -0.456 e. The highest BCUT2D eigenvalue weighted by atomic mass is 16.3. The molecule has 0 aliphatic rings. The third-order valence-electron chi connectivity index (χ3n) is 9.15. The number of rotatable bonds is 5. The van der Waals surface area contributed by atoms with Crippen LogP contribution in [0.5, 0.6) is 0 Å². The number of para-hydroxylation sites is 2. The van der Waals surface area contributed by atoms with Crippen molar-refractivity contribution in [2.24, 2.45) is 0 Å². The zero-order valence-corrected chi connectivity index (χ0v) is 26.5. The molecule has 5 nitrogen and oxygen atoms in total. The average molecular weight is 646 g/mol. The van der Waals surface area contributed by atoms with Crippen LogP contribution in [0.3, 0.4) is 0 Å². The fourth-order valence-electron chi connectivity index (χ4n) is 6.87. The van der Waals surface area contributed by atoms with Crippen molar-refractivity contribution in [2.75, 3.05) is 0 Å². The second-order valence-corrected chi connectivity index (χ2v) is 12.1. The summed E-state index contributed by atoms with van der Waals surface area (Å²) in [7, 11) is 0. The van der Waals surface area contributed by atoms with E-state index >= 15 is 0 Å². The van der Waals surface area contributed by atoms with Gasteiger partial charge in [0, 0.05) is 43.9 Å². The van der Waals surface area contributed by atoms with Gasteiger partial charge in [0.15, 0.2) is 17.5 Å². The van der Waals surface area contributed by atoms with Crippen LogP contribution in [-0.4, -0.2) is 19.5 Å². The summed E-state index contributed by atoms with van der Waals surface area (Å²) < 4.78 is 50.5. The first-order chi connectivity index (χ1) is 26.9. The van der Waals surface area contributed by atoms with Crippen LogP contribution in [0.4, 0.5) is 0 Å². The molecule has 3 aromatic heterocycles.